The van der Waals surface area contributed by atoms with Gasteiger partial charge in [0.1, 0.15) is 5.75 Å². The maximum absolute atomic E-state index is 12.1. The zero-order valence-corrected chi connectivity index (χ0v) is 14.6. The topological polar surface area (TPSA) is 38.3 Å². The van der Waals surface area contributed by atoms with Crippen molar-refractivity contribution in [3.05, 3.63) is 64.2 Å². The molecule has 122 valence electrons. The van der Waals surface area contributed by atoms with Crippen LogP contribution in [0.4, 0.5) is 0 Å². The van der Waals surface area contributed by atoms with Crippen LogP contribution in [0.2, 0.25) is 0 Å². The first-order valence-electron chi connectivity index (χ1n) is 7.93. The van der Waals surface area contributed by atoms with Crippen LogP contribution in [-0.2, 0) is 4.79 Å². The number of carbonyl (C=O) groups excluding carboxylic acids is 1. The van der Waals surface area contributed by atoms with E-state index < -0.39 is 0 Å². The van der Waals surface area contributed by atoms with Crippen molar-refractivity contribution in [3.8, 4) is 5.75 Å². The molecule has 0 saturated carbocycles. The van der Waals surface area contributed by atoms with Crippen molar-refractivity contribution in [1.29, 1.82) is 0 Å². The molecule has 0 saturated heterocycles. The molecular weight excluding hydrogens is 286 g/mol. The summed E-state index contributed by atoms with van der Waals surface area (Å²) in [4.78, 5) is 12.1. The second-order valence-electron chi connectivity index (χ2n) is 6.17. The molecular formula is C20H25NO2. The molecule has 3 heteroatoms. The van der Waals surface area contributed by atoms with Gasteiger partial charge in [-0.05, 0) is 74.6 Å². The first-order chi connectivity index (χ1) is 10.9. The Morgan fingerprint density at radius 1 is 0.957 bits per heavy atom. The van der Waals surface area contributed by atoms with Crippen molar-refractivity contribution in [2.45, 2.75) is 40.7 Å². The second-order valence-corrected chi connectivity index (χ2v) is 6.17. The minimum atomic E-state index is -0.117. The van der Waals surface area contributed by atoms with Gasteiger partial charge in [0.15, 0.2) is 6.61 Å². The van der Waals surface area contributed by atoms with Crippen LogP contribution >= 0.6 is 0 Å². The normalized spacial score (nSPS) is 11.9. The monoisotopic (exact) mass is 311 g/mol. The maximum atomic E-state index is 12.1. The molecule has 3 nitrogen and oxygen atoms in total. The number of aryl methyl sites for hydroxylation is 4. The quantitative estimate of drug-likeness (QED) is 0.899. The van der Waals surface area contributed by atoms with Crippen LogP contribution in [0.1, 0.15) is 40.8 Å². The van der Waals surface area contributed by atoms with E-state index in [1.165, 1.54) is 16.7 Å². The highest BCUT2D eigenvalue weighted by molar-refractivity contribution is 5.78. The molecule has 0 bridgehead atoms. The third kappa shape index (κ3) is 4.59. The third-order valence-corrected chi connectivity index (χ3v) is 4.26. The highest BCUT2D eigenvalue weighted by Gasteiger charge is 2.11. The fourth-order valence-electron chi connectivity index (χ4n) is 2.35. The summed E-state index contributed by atoms with van der Waals surface area (Å²) in [5, 5.41) is 2.98. The van der Waals surface area contributed by atoms with Crippen molar-refractivity contribution in [2.24, 2.45) is 0 Å². The van der Waals surface area contributed by atoms with Gasteiger partial charge in [-0.25, -0.2) is 0 Å². The van der Waals surface area contributed by atoms with Gasteiger partial charge >= 0.3 is 0 Å². The molecule has 0 aliphatic carbocycles. The minimum absolute atomic E-state index is 0.0255. The predicted molar refractivity (Wildman–Crippen MR) is 93.9 cm³/mol. The van der Waals surface area contributed by atoms with E-state index in [1.54, 1.807) is 0 Å². The van der Waals surface area contributed by atoms with Gasteiger partial charge in [0.2, 0.25) is 0 Å². The average Bonchev–Trinajstić information content (AvgIpc) is 2.51. The minimum Gasteiger partial charge on any atom is -0.484 e. The Morgan fingerprint density at radius 3 is 2.17 bits per heavy atom. The van der Waals surface area contributed by atoms with Crippen LogP contribution < -0.4 is 10.1 Å². The summed E-state index contributed by atoms with van der Waals surface area (Å²) in [5.74, 6) is 0.607. The number of amides is 1. The van der Waals surface area contributed by atoms with Gasteiger partial charge in [-0.3, -0.25) is 4.79 Å². The third-order valence-electron chi connectivity index (χ3n) is 4.26. The van der Waals surface area contributed by atoms with Crippen LogP contribution in [-0.4, -0.2) is 12.5 Å². The molecule has 2 aromatic carbocycles. The number of ether oxygens (including phenoxy) is 1. The number of nitrogens with one attached hydrogen (secondary N) is 1. The first-order valence-corrected chi connectivity index (χ1v) is 7.93. The summed E-state index contributed by atoms with van der Waals surface area (Å²) in [6.07, 6.45) is 0. The van der Waals surface area contributed by atoms with Gasteiger partial charge in [-0.1, -0.05) is 24.3 Å². The zero-order chi connectivity index (χ0) is 17.0. The van der Waals surface area contributed by atoms with Gasteiger partial charge in [-0.2, -0.15) is 0 Å². The van der Waals surface area contributed by atoms with Crippen molar-refractivity contribution >= 4 is 5.91 Å². The highest BCUT2D eigenvalue weighted by atomic mass is 16.5. The van der Waals surface area contributed by atoms with Gasteiger partial charge in [0, 0.05) is 0 Å². The zero-order valence-electron chi connectivity index (χ0n) is 14.6. The largest absolute Gasteiger partial charge is 0.484 e. The molecule has 0 radical (unpaired) electrons. The molecule has 0 spiro atoms. The Kier molecular flexibility index (Phi) is 5.43. The first kappa shape index (κ1) is 17.1. The number of rotatable bonds is 5. The van der Waals surface area contributed by atoms with Gasteiger partial charge in [0.25, 0.3) is 5.91 Å². The van der Waals surface area contributed by atoms with Gasteiger partial charge in [-0.15, -0.1) is 0 Å². The molecule has 1 N–H and O–H groups in total. The molecule has 23 heavy (non-hydrogen) atoms. The summed E-state index contributed by atoms with van der Waals surface area (Å²) in [6, 6.07) is 12.1. The van der Waals surface area contributed by atoms with E-state index in [0.717, 1.165) is 16.9 Å². The Morgan fingerprint density at radius 2 is 1.57 bits per heavy atom. The fourth-order valence-corrected chi connectivity index (χ4v) is 2.35. The van der Waals surface area contributed by atoms with Crippen molar-refractivity contribution < 1.29 is 9.53 Å². The summed E-state index contributed by atoms with van der Waals surface area (Å²) >= 11 is 0. The Balaban J connectivity index is 1.90. The van der Waals surface area contributed by atoms with E-state index in [9.17, 15) is 4.79 Å². The maximum Gasteiger partial charge on any atom is 0.258 e. The van der Waals surface area contributed by atoms with Crippen LogP contribution in [0.5, 0.6) is 5.75 Å². The summed E-state index contributed by atoms with van der Waals surface area (Å²) in [5.41, 5.74) is 5.96. The second kappa shape index (κ2) is 7.32. The van der Waals surface area contributed by atoms with E-state index in [-0.39, 0.29) is 18.6 Å². The molecule has 0 aliphatic rings. The lowest BCUT2D eigenvalue weighted by Crippen LogP contribution is -2.31. The summed E-state index contributed by atoms with van der Waals surface area (Å²) < 4.78 is 5.57. The summed E-state index contributed by atoms with van der Waals surface area (Å²) in [7, 11) is 0. The number of benzene rings is 2. The van der Waals surface area contributed by atoms with E-state index in [4.69, 9.17) is 4.74 Å². The van der Waals surface area contributed by atoms with E-state index in [1.807, 2.05) is 32.0 Å². The fraction of sp³-hybridized carbons (Fsp3) is 0.350. The lowest BCUT2D eigenvalue weighted by Gasteiger charge is -2.16. The molecule has 1 atom stereocenters. The number of hydrogen-bond acceptors (Lipinski definition) is 2. The lowest BCUT2D eigenvalue weighted by atomic mass is 10.0. The van der Waals surface area contributed by atoms with E-state index in [2.05, 4.69) is 44.3 Å². The summed E-state index contributed by atoms with van der Waals surface area (Å²) in [6.45, 7) is 10.3. The van der Waals surface area contributed by atoms with Crippen LogP contribution in [0.15, 0.2) is 36.4 Å². The van der Waals surface area contributed by atoms with E-state index in [0.29, 0.717) is 0 Å². The Hall–Kier alpha value is -2.29. The smallest absolute Gasteiger partial charge is 0.258 e. The Bertz CT molecular complexity index is 707. The van der Waals surface area contributed by atoms with Crippen LogP contribution in [0.3, 0.4) is 0 Å². The highest BCUT2D eigenvalue weighted by Crippen LogP contribution is 2.18. The molecule has 2 rings (SSSR count). The van der Waals surface area contributed by atoms with Gasteiger partial charge < -0.3 is 10.1 Å². The van der Waals surface area contributed by atoms with Crippen LogP contribution in [0, 0.1) is 27.7 Å². The molecule has 0 unspecified atom stereocenters. The lowest BCUT2D eigenvalue weighted by molar-refractivity contribution is -0.123. The number of carbonyl (C=O) groups is 1. The predicted octanol–water partition coefficient (Wildman–Crippen LogP) is 4.18. The average molecular weight is 311 g/mol. The van der Waals surface area contributed by atoms with Gasteiger partial charge in [0.05, 0.1) is 6.04 Å². The molecule has 0 heterocycles. The van der Waals surface area contributed by atoms with Crippen LogP contribution in [0.25, 0.3) is 0 Å². The van der Waals surface area contributed by atoms with Crippen molar-refractivity contribution in [1.82, 2.24) is 5.32 Å². The SMILES string of the molecule is Cc1ccc(OCC(=O)N[C@@H](C)c2ccc(C)c(C)c2)cc1C. The van der Waals surface area contributed by atoms with Crippen molar-refractivity contribution in [3.63, 3.8) is 0 Å². The molecule has 0 fully saturated rings. The van der Waals surface area contributed by atoms with Crippen molar-refractivity contribution in [2.75, 3.05) is 6.61 Å². The Labute approximate surface area is 138 Å². The standard InChI is InChI=1S/C20H25NO2/c1-13-6-8-18(10-15(13)3)17(5)21-20(22)12-23-19-9-7-14(2)16(4)11-19/h6-11,17H,12H2,1-5H3,(H,21,22)/t17-/m0/s1. The number of hydrogen-bond donors (Lipinski definition) is 1. The molecule has 1 amide bonds. The molecule has 2 aromatic rings. The molecule has 0 aliphatic heterocycles. The van der Waals surface area contributed by atoms with E-state index >= 15 is 0 Å². The molecule has 0 aromatic heterocycles.